The fraction of sp³-hybridized carbons (Fsp3) is 0.923. The molecule has 0 radical (unpaired) electrons. The summed E-state index contributed by atoms with van der Waals surface area (Å²) in [5, 5.41) is -0.178. The monoisotopic (exact) mass is 302 g/mol. The molecule has 1 saturated carbocycles. The van der Waals surface area contributed by atoms with Crippen LogP contribution in [0.2, 0.25) is 0 Å². The summed E-state index contributed by atoms with van der Waals surface area (Å²) in [6.45, 7) is 2.78. The number of carbonyl (C=O) groups excluding carboxylic acids is 1. The maximum atomic E-state index is 12.4. The highest BCUT2D eigenvalue weighted by atomic mass is 32.2. The Bertz CT molecular complexity index is 489. The van der Waals surface area contributed by atoms with E-state index in [0.717, 1.165) is 25.8 Å². The molecular formula is C13H22N2O4S. The molecule has 2 atom stereocenters. The van der Waals surface area contributed by atoms with Gasteiger partial charge >= 0.3 is 0 Å². The zero-order valence-corrected chi connectivity index (χ0v) is 12.6. The van der Waals surface area contributed by atoms with Gasteiger partial charge in [-0.3, -0.25) is 4.79 Å². The minimum atomic E-state index is -3.14. The average molecular weight is 302 g/mol. The van der Waals surface area contributed by atoms with Gasteiger partial charge in [-0.2, -0.15) is 0 Å². The van der Waals surface area contributed by atoms with E-state index in [4.69, 9.17) is 4.74 Å². The predicted molar refractivity (Wildman–Crippen MR) is 73.6 cm³/mol. The van der Waals surface area contributed by atoms with Crippen molar-refractivity contribution in [1.82, 2.24) is 9.21 Å². The number of hydrogen-bond acceptors (Lipinski definition) is 4. The van der Waals surface area contributed by atoms with Crippen LogP contribution in [0.5, 0.6) is 0 Å². The van der Waals surface area contributed by atoms with Gasteiger partial charge in [-0.05, 0) is 25.2 Å². The fourth-order valence-electron chi connectivity index (χ4n) is 3.28. The van der Waals surface area contributed by atoms with E-state index >= 15 is 0 Å². The number of amides is 1. The Morgan fingerprint density at radius 2 is 2.00 bits per heavy atom. The van der Waals surface area contributed by atoms with Crippen molar-refractivity contribution < 1.29 is 17.9 Å². The molecule has 3 fully saturated rings. The third kappa shape index (κ3) is 2.46. The number of fused-ring (bicyclic) bond motifs is 1. The van der Waals surface area contributed by atoms with E-state index in [9.17, 15) is 13.2 Å². The van der Waals surface area contributed by atoms with Crippen molar-refractivity contribution in [3.8, 4) is 0 Å². The van der Waals surface area contributed by atoms with Crippen molar-refractivity contribution in [1.29, 1.82) is 0 Å². The van der Waals surface area contributed by atoms with E-state index in [0.29, 0.717) is 26.2 Å². The van der Waals surface area contributed by atoms with Crippen LogP contribution in [0.3, 0.4) is 0 Å². The summed E-state index contributed by atoms with van der Waals surface area (Å²) in [4.78, 5) is 14.2. The van der Waals surface area contributed by atoms with E-state index in [1.165, 1.54) is 0 Å². The molecule has 2 aliphatic heterocycles. The van der Waals surface area contributed by atoms with Crippen molar-refractivity contribution in [2.75, 3.05) is 39.9 Å². The molecule has 2 saturated heterocycles. The van der Waals surface area contributed by atoms with Gasteiger partial charge < -0.3 is 9.64 Å². The number of carbonyl (C=O) groups is 1. The number of methoxy groups -OCH3 is 1. The minimum absolute atomic E-state index is 0.104. The van der Waals surface area contributed by atoms with E-state index in [2.05, 4.69) is 0 Å². The molecule has 3 rings (SSSR count). The highest BCUT2D eigenvalue weighted by molar-refractivity contribution is 7.90. The van der Waals surface area contributed by atoms with E-state index < -0.39 is 10.0 Å². The lowest BCUT2D eigenvalue weighted by atomic mass is 9.88. The molecule has 7 heteroatoms. The molecule has 2 heterocycles. The first-order chi connectivity index (χ1) is 9.54. The van der Waals surface area contributed by atoms with Crippen molar-refractivity contribution in [2.24, 2.45) is 11.8 Å². The van der Waals surface area contributed by atoms with Crippen LogP contribution in [-0.2, 0) is 19.6 Å². The molecular weight excluding hydrogens is 280 g/mol. The molecule has 1 amide bonds. The van der Waals surface area contributed by atoms with Crippen molar-refractivity contribution in [3.63, 3.8) is 0 Å². The Labute approximate surface area is 120 Å². The van der Waals surface area contributed by atoms with Gasteiger partial charge in [0.05, 0.1) is 17.8 Å². The SMILES string of the molecule is COCCN1CC[C@@H]2CN(S(=O)(=O)C3CC3)C[C@H]2C1=O. The van der Waals surface area contributed by atoms with Gasteiger partial charge in [0.1, 0.15) is 0 Å². The molecule has 1 aliphatic carbocycles. The summed E-state index contributed by atoms with van der Waals surface area (Å²) in [7, 11) is -1.52. The van der Waals surface area contributed by atoms with E-state index in [1.807, 2.05) is 4.90 Å². The Morgan fingerprint density at radius 1 is 1.25 bits per heavy atom. The molecule has 3 aliphatic rings. The van der Waals surface area contributed by atoms with Gasteiger partial charge in [-0.1, -0.05) is 0 Å². The number of hydrogen-bond donors (Lipinski definition) is 0. The number of rotatable bonds is 5. The van der Waals surface area contributed by atoms with Crippen molar-refractivity contribution in [3.05, 3.63) is 0 Å². The van der Waals surface area contributed by atoms with Crippen LogP contribution in [0.25, 0.3) is 0 Å². The first-order valence-electron chi connectivity index (χ1n) is 7.30. The standard InChI is InChI=1S/C13H22N2O4S/c1-19-7-6-14-5-4-10-8-15(9-12(10)13(14)16)20(17,18)11-2-3-11/h10-12H,2-9H2,1H3/t10-,12-/m1/s1. The summed E-state index contributed by atoms with van der Waals surface area (Å²) in [5.74, 6) is 0.163. The molecule has 0 N–H and O–H groups in total. The second kappa shape index (κ2) is 5.27. The van der Waals surface area contributed by atoms with Crippen LogP contribution in [0.1, 0.15) is 19.3 Å². The zero-order valence-electron chi connectivity index (χ0n) is 11.8. The Morgan fingerprint density at radius 3 is 2.65 bits per heavy atom. The summed E-state index contributed by atoms with van der Waals surface area (Å²) >= 11 is 0. The second-order valence-electron chi connectivity index (χ2n) is 6.03. The van der Waals surface area contributed by atoms with E-state index in [1.54, 1.807) is 11.4 Å². The van der Waals surface area contributed by atoms with Crippen molar-refractivity contribution in [2.45, 2.75) is 24.5 Å². The Kier molecular flexibility index (Phi) is 3.77. The summed E-state index contributed by atoms with van der Waals surface area (Å²) in [5.41, 5.74) is 0. The van der Waals surface area contributed by atoms with Crippen LogP contribution in [0.4, 0.5) is 0 Å². The van der Waals surface area contributed by atoms with Crippen LogP contribution in [-0.4, -0.2) is 68.7 Å². The topological polar surface area (TPSA) is 66.9 Å². The maximum absolute atomic E-state index is 12.4. The summed E-state index contributed by atoms with van der Waals surface area (Å²) in [6, 6.07) is 0. The molecule has 0 unspecified atom stereocenters. The second-order valence-corrected chi connectivity index (χ2v) is 8.25. The first-order valence-corrected chi connectivity index (χ1v) is 8.81. The highest BCUT2D eigenvalue weighted by Gasteiger charge is 2.49. The molecule has 0 aromatic rings. The normalized spacial score (nSPS) is 31.6. The van der Waals surface area contributed by atoms with Gasteiger partial charge in [0.15, 0.2) is 0 Å². The first kappa shape index (κ1) is 14.3. The fourth-order valence-corrected chi connectivity index (χ4v) is 5.20. The van der Waals surface area contributed by atoms with Crippen molar-refractivity contribution >= 4 is 15.9 Å². The lowest BCUT2D eigenvalue weighted by molar-refractivity contribution is -0.140. The summed E-state index contributed by atoms with van der Waals surface area (Å²) < 4.78 is 31.1. The van der Waals surface area contributed by atoms with Gasteiger partial charge in [0.2, 0.25) is 15.9 Å². The van der Waals surface area contributed by atoms with Gasteiger partial charge in [0.25, 0.3) is 0 Å². The minimum Gasteiger partial charge on any atom is -0.383 e. The third-order valence-electron chi connectivity index (χ3n) is 4.68. The van der Waals surface area contributed by atoms with Crippen LogP contribution >= 0.6 is 0 Å². The van der Waals surface area contributed by atoms with Gasteiger partial charge in [0, 0.05) is 33.3 Å². The number of nitrogens with zero attached hydrogens (tertiary/aromatic N) is 2. The smallest absolute Gasteiger partial charge is 0.227 e. The van der Waals surface area contributed by atoms with Gasteiger partial charge in [-0.25, -0.2) is 12.7 Å². The molecule has 20 heavy (non-hydrogen) atoms. The molecule has 0 aromatic heterocycles. The molecule has 0 aromatic carbocycles. The molecule has 6 nitrogen and oxygen atoms in total. The average Bonchev–Trinajstić information content (AvgIpc) is 3.18. The van der Waals surface area contributed by atoms with Crippen LogP contribution in [0, 0.1) is 11.8 Å². The number of likely N-dealkylation sites (tertiary alicyclic amines) is 1. The predicted octanol–water partition coefficient (Wildman–Crippen LogP) is -0.0947. The lowest BCUT2D eigenvalue weighted by Crippen LogP contribution is -2.46. The van der Waals surface area contributed by atoms with Gasteiger partial charge in [-0.15, -0.1) is 0 Å². The lowest BCUT2D eigenvalue weighted by Gasteiger charge is -2.33. The third-order valence-corrected chi connectivity index (χ3v) is 7.01. The number of sulfonamides is 1. The Hall–Kier alpha value is -0.660. The number of piperidine rings is 1. The number of ether oxygens (including phenoxy) is 1. The quantitative estimate of drug-likeness (QED) is 0.711. The highest BCUT2D eigenvalue weighted by Crippen LogP contribution is 2.38. The molecule has 114 valence electrons. The van der Waals surface area contributed by atoms with Crippen LogP contribution in [0.15, 0.2) is 0 Å². The van der Waals surface area contributed by atoms with E-state index in [-0.39, 0.29) is 23.0 Å². The largest absolute Gasteiger partial charge is 0.383 e. The maximum Gasteiger partial charge on any atom is 0.227 e. The summed E-state index contributed by atoms with van der Waals surface area (Å²) in [6.07, 6.45) is 2.46. The molecule has 0 spiro atoms. The van der Waals surface area contributed by atoms with Crippen LogP contribution < -0.4 is 0 Å². The Balaban J connectivity index is 1.67. The zero-order chi connectivity index (χ0) is 14.3. The molecule has 0 bridgehead atoms.